The van der Waals surface area contributed by atoms with Gasteiger partial charge in [0.2, 0.25) is 5.89 Å². The Hall–Kier alpha value is -3.04. The quantitative estimate of drug-likeness (QED) is 0.120. The van der Waals surface area contributed by atoms with Crippen LogP contribution in [0.1, 0.15) is 5.56 Å². The Kier molecular flexibility index (Phi) is 5.91. The molecular formula is C22H13ClIN3O3. The van der Waals surface area contributed by atoms with Gasteiger partial charge in [-0.25, -0.2) is 4.98 Å². The van der Waals surface area contributed by atoms with Crippen LogP contribution < -0.4 is 0 Å². The van der Waals surface area contributed by atoms with Crippen LogP contribution in [-0.2, 0) is 0 Å². The Balaban J connectivity index is 1.52. The standard InChI is InChI=1S/C22H13ClIN3O3/c23-19-9-5-15(24)12-18(19)22-26-20-13-16(6-10-21(20)30-22)25-11-1-2-14-3-7-17(8-4-14)27(28)29/h1-13H/b2-1-,25-11?. The van der Waals surface area contributed by atoms with Crippen molar-refractivity contribution >= 4 is 69.0 Å². The van der Waals surface area contributed by atoms with Gasteiger partial charge in [-0.05, 0) is 82.8 Å². The summed E-state index contributed by atoms with van der Waals surface area (Å²) in [5.41, 5.74) is 3.72. The number of oxazole rings is 1. The number of benzene rings is 3. The van der Waals surface area contributed by atoms with Crippen LogP contribution in [0.3, 0.4) is 0 Å². The first-order chi connectivity index (χ1) is 14.5. The van der Waals surface area contributed by atoms with Crippen molar-refractivity contribution in [3.8, 4) is 11.5 Å². The van der Waals surface area contributed by atoms with Crippen LogP contribution in [0.5, 0.6) is 0 Å². The molecule has 1 aromatic heterocycles. The van der Waals surface area contributed by atoms with E-state index in [4.69, 9.17) is 16.0 Å². The van der Waals surface area contributed by atoms with Crippen molar-refractivity contribution in [1.29, 1.82) is 0 Å². The lowest BCUT2D eigenvalue weighted by Gasteiger charge is -1.99. The van der Waals surface area contributed by atoms with E-state index in [0.717, 1.165) is 20.4 Å². The highest BCUT2D eigenvalue weighted by molar-refractivity contribution is 14.1. The van der Waals surface area contributed by atoms with E-state index in [1.165, 1.54) is 12.1 Å². The molecule has 0 radical (unpaired) electrons. The van der Waals surface area contributed by atoms with E-state index in [0.29, 0.717) is 22.0 Å². The zero-order valence-corrected chi connectivity index (χ0v) is 18.2. The van der Waals surface area contributed by atoms with Gasteiger partial charge in [-0.3, -0.25) is 15.1 Å². The smallest absolute Gasteiger partial charge is 0.269 e. The molecule has 148 valence electrons. The Morgan fingerprint density at radius 2 is 1.90 bits per heavy atom. The van der Waals surface area contributed by atoms with Gasteiger partial charge < -0.3 is 4.42 Å². The Labute approximate surface area is 190 Å². The maximum absolute atomic E-state index is 10.7. The number of aliphatic imine (C=N–C) groups is 1. The van der Waals surface area contributed by atoms with Gasteiger partial charge in [0.25, 0.3) is 5.69 Å². The zero-order chi connectivity index (χ0) is 21.1. The van der Waals surface area contributed by atoms with E-state index in [1.54, 1.807) is 24.4 Å². The number of nitrogens with zero attached hydrogens (tertiary/aromatic N) is 3. The van der Waals surface area contributed by atoms with Crippen molar-refractivity contribution in [2.75, 3.05) is 0 Å². The second kappa shape index (κ2) is 8.76. The number of allylic oxidation sites excluding steroid dienone is 1. The first-order valence-corrected chi connectivity index (χ1v) is 10.3. The van der Waals surface area contributed by atoms with Crippen LogP contribution in [-0.4, -0.2) is 16.1 Å². The van der Waals surface area contributed by atoms with E-state index in [2.05, 4.69) is 32.6 Å². The molecule has 30 heavy (non-hydrogen) atoms. The summed E-state index contributed by atoms with van der Waals surface area (Å²) in [6, 6.07) is 17.5. The molecule has 0 saturated heterocycles. The summed E-state index contributed by atoms with van der Waals surface area (Å²) < 4.78 is 6.88. The number of nitro benzene ring substituents is 1. The van der Waals surface area contributed by atoms with E-state index in [9.17, 15) is 10.1 Å². The van der Waals surface area contributed by atoms with Crippen molar-refractivity contribution in [2.45, 2.75) is 0 Å². The minimum Gasteiger partial charge on any atom is -0.436 e. The number of fused-ring (bicyclic) bond motifs is 1. The number of rotatable bonds is 5. The Morgan fingerprint density at radius 1 is 1.10 bits per heavy atom. The molecule has 0 aliphatic heterocycles. The van der Waals surface area contributed by atoms with Gasteiger partial charge in [0, 0.05) is 21.9 Å². The fourth-order valence-electron chi connectivity index (χ4n) is 2.76. The summed E-state index contributed by atoms with van der Waals surface area (Å²) in [6.45, 7) is 0. The molecular weight excluding hydrogens is 517 g/mol. The van der Waals surface area contributed by atoms with Crippen molar-refractivity contribution in [1.82, 2.24) is 4.98 Å². The first kappa shape index (κ1) is 20.2. The summed E-state index contributed by atoms with van der Waals surface area (Å²) >= 11 is 8.50. The average molecular weight is 530 g/mol. The lowest BCUT2D eigenvalue weighted by atomic mass is 10.2. The van der Waals surface area contributed by atoms with Gasteiger partial charge in [-0.2, -0.15) is 0 Å². The molecule has 0 unspecified atom stereocenters. The molecule has 0 aliphatic rings. The maximum Gasteiger partial charge on any atom is 0.269 e. The van der Waals surface area contributed by atoms with Crippen LogP contribution in [0.25, 0.3) is 28.6 Å². The summed E-state index contributed by atoms with van der Waals surface area (Å²) in [7, 11) is 0. The highest BCUT2D eigenvalue weighted by Gasteiger charge is 2.12. The van der Waals surface area contributed by atoms with E-state index < -0.39 is 4.92 Å². The van der Waals surface area contributed by atoms with E-state index in [1.807, 2.05) is 42.5 Å². The number of halogens is 2. The van der Waals surface area contributed by atoms with Crippen molar-refractivity contribution in [3.05, 3.63) is 91.0 Å². The molecule has 0 bridgehead atoms. The largest absolute Gasteiger partial charge is 0.436 e. The molecule has 3 aromatic carbocycles. The molecule has 4 aromatic rings. The van der Waals surface area contributed by atoms with Gasteiger partial charge >= 0.3 is 0 Å². The third-order valence-electron chi connectivity index (χ3n) is 4.23. The maximum atomic E-state index is 10.7. The number of non-ortho nitro benzene ring substituents is 1. The van der Waals surface area contributed by atoms with E-state index >= 15 is 0 Å². The molecule has 4 rings (SSSR count). The SMILES string of the molecule is O=[N+]([O-])c1ccc(/C=C\C=Nc2ccc3oc(-c4cc(I)ccc4Cl)nc3c2)cc1. The van der Waals surface area contributed by atoms with Crippen LogP contribution in [0.4, 0.5) is 11.4 Å². The van der Waals surface area contributed by atoms with Gasteiger partial charge in [0.05, 0.1) is 21.2 Å². The molecule has 6 nitrogen and oxygen atoms in total. The van der Waals surface area contributed by atoms with Crippen molar-refractivity contribution in [2.24, 2.45) is 4.99 Å². The highest BCUT2D eigenvalue weighted by atomic mass is 127. The molecule has 0 atom stereocenters. The van der Waals surface area contributed by atoms with E-state index in [-0.39, 0.29) is 5.69 Å². The second-order valence-electron chi connectivity index (χ2n) is 6.28. The minimum atomic E-state index is -0.424. The molecule has 8 heteroatoms. The molecule has 0 saturated carbocycles. The minimum absolute atomic E-state index is 0.0626. The zero-order valence-electron chi connectivity index (χ0n) is 15.3. The third-order valence-corrected chi connectivity index (χ3v) is 5.23. The van der Waals surface area contributed by atoms with Crippen LogP contribution in [0.2, 0.25) is 5.02 Å². The third kappa shape index (κ3) is 4.58. The first-order valence-electron chi connectivity index (χ1n) is 8.81. The molecule has 0 amide bonds. The average Bonchev–Trinajstić information content (AvgIpc) is 3.16. The molecule has 0 aliphatic carbocycles. The molecule has 1 heterocycles. The topological polar surface area (TPSA) is 81.5 Å². The Morgan fingerprint density at radius 3 is 2.67 bits per heavy atom. The van der Waals surface area contributed by atoms with Gasteiger partial charge in [-0.1, -0.05) is 17.7 Å². The molecule has 0 spiro atoms. The van der Waals surface area contributed by atoms with Crippen LogP contribution >= 0.6 is 34.2 Å². The summed E-state index contributed by atoms with van der Waals surface area (Å²) in [5, 5.41) is 11.3. The normalized spacial score (nSPS) is 11.7. The van der Waals surface area contributed by atoms with Gasteiger partial charge in [-0.15, -0.1) is 0 Å². The fraction of sp³-hybridized carbons (Fsp3) is 0. The number of hydrogen-bond acceptors (Lipinski definition) is 5. The lowest BCUT2D eigenvalue weighted by Crippen LogP contribution is -1.86. The Bertz CT molecular complexity index is 1300. The summed E-state index contributed by atoms with van der Waals surface area (Å²) in [4.78, 5) is 19.2. The van der Waals surface area contributed by atoms with Gasteiger partial charge in [0.15, 0.2) is 5.58 Å². The summed E-state index contributed by atoms with van der Waals surface area (Å²) in [5.74, 6) is 0.465. The summed E-state index contributed by atoms with van der Waals surface area (Å²) in [6.07, 6.45) is 5.24. The van der Waals surface area contributed by atoms with Crippen molar-refractivity contribution < 1.29 is 9.34 Å². The van der Waals surface area contributed by atoms with Gasteiger partial charge in [0.1, 0.15) is 5.52 Å². The fourth-order valence-corrected chi connectivity index (χ4v) is 3.45. The monoisotopic (exact) mass is 529 g/mol. The number of nitro groups is 1. The second-order valence-corrected chi connectivity index (χ2v) is 7.93. The highest BCUT2D eigenvalue weighted by Crippen LogP contribution is 2.32. The predicted octanol–water partition coefficient (Wildman–Crippen LogP) is 7.08. The molecule has 0 fully saturated rings. The number of aromatic nitrogens is 1. The molecule has 0 N–H and O–H groups in total. The van der Waals surface area contributed by atoms with Crippen LogP contribution in [0.15, 0.2) is 76.1 Å². The van der Waals surface area contributed by atoms with Crippen molar-refractivity contribution in [3.63, 3.8) is 0 Å². The lowest BCUT2D eigenvalue weighted by molar-refractivity contribution is -0.384. The van der Waals surface area contributed by atoms with Crippen LogP contribution in [0, 0.1) is 13.7 Å². The predicted molar refractivity (Wildman–Crippen MR) is 127 cm³/mol. The number of hydrogen-bond donors (Lipinski definition) is 0.